The van der Waals surface area contributed by atoms with Gasteiger partial charge in [-0.05, 0) is 29.7 Å². The minimum absolute atomic E-state index is 0.233. The van der Waals surface area contributed by atoms with Crippen molar-refractivity contribution < 1.29 is 22.3 Å². The molecule has 4 nitrogen and oxygen atoms in total. The SMILES string of the molecule is CCCCC(C(O)C(F)(F)S(=O)(=O)c1ccccc1)N(Cc1ccccc1)Cc1ccccc1. The minimum atomic E-state index is -5.10. The first-order chi connectivity index (χ1) is 16.3. The van der Waals surface area contributed by atoms with E-state index in [1.165, 1.54) is 12.1 Å². The molecule has 0 bridgehead atoms. The first kappa shape index (κ1) is 26.0. The lowest BCUT2D eigenvalue weighted by atomic mass is 10.00. The summed E-state index contributed by atoms with van der Waals surface area (Å²) in [6.07, 6.45) is -0.873. The molecule has 2 atom stereocenters. The molecule has 3 rings (SSSR count). The fraction of sp³-hybridized carbons (Fsp3) is 0.333. The van der Waals surface area contributed by atoms with Crippen LogP contribution in [-0.4, -0.2) is 35.8 Å². The molecule has 0 heterocycles. The van der Waals surface area contributed by atoms with E-state index in [4.69, 9.17) is 0 Å². The van der Waals surface area contributed by atoms with Crippen LogP contribution in [0.4, 0.5) is 8.78 Å². The highest BCUT2D eigenvalue weighted by atomic mass is 32.2. The Hall–Kier alpha value is -2.61. The maximum Gasteiger partial charge on any atom is 0.376 e. The Labute approximate surface area is 200 Å². The molecular weight excluding hydrogens is 456 g/mol. The molecule has 2 unspecified atom stereocenters. The molecule has 0 saturated heterocycles. The molecule has 1 N–H and O–H groups in total. The quantitative estimate of drug-likeness (QED) is 0.357. The van der Waals surface area contributed by atoms with Crippen molar-refractivity contribution in [2.45, 2.75) is 61.6 Å². The van der Waals surface area contributed by atoms with Crippen LogP contribution >= 0.6 is 0 Å². The van der Waals surface area contributed by atoms with Gasteiger partial charge >= 0.3 is 5.25 Å². The second-order valence-electron chi connectivity index (χ2n) is 8.41. The summed E-state index contributed by atoms with van der Waals surface area (Å²) in [5.41, 5.74) is 1.78. The monoisotopic (exact) mass is 487 g/mol. The topological polar surface area (TPSA) is 57.6 Å². The molecule has 3 aromatic rings. The van der Waals surface area contributed by atoms with Gasteiger partial charge in [-0.25, -0.2) is 8.42 Å². The zero-order chi connectivity index (χ0) is 24.6. The maximum atomic E-state index is 15.5. The van der Waals surface area contributed by atoms with Crippen molar-refractivity contribution in [3.63, 3.8) is 0 Å². The van der Waals surface area contributed by atoms with Gasteiger partial charge in [-0.2, -0.15) is 8.78 Å². The van der Waals surface area contributed by atoms with Crippen LogP contribution in [-0.2, 0) is 22.9 Å². The van der Waals surface area contributed by atoms with Gasteiger partial charge in [0.1, 0.15) is 6.10 Å². The third-order valence-corrected chi connectivity index (χ3v) is 7.75. The van der Waals surface area contributed by atoms with Gasteiger partial charge in [-0.15, -0.1) is 0 Å². The summed E-state index contributed by atoms with van der Waals surface area (Å²) in [7, 11) is -5.10. The number of aliphatic hydroxyl groups excluding tert-OH is 1. The fourth-order valence-electron chi connectivity index (χ4n) is 4.02. The van der Waals surface area contributed by atoms with Gasteiger partial charge in [0.2, 0.25) is 9.84 Å². The van der Waals surface area contributed by atoms with Gasteiger partial charge in [0.25, 0.3) is 0 Å². The van der Waals surface area contributed by atoms with Crippen molar-refractivity contribution in [3.05, 3.63) is 102 Å². The van der Waals surface area contributed by atoms with Crippen molar-refractivity contribution in [2.24, 2.45) is 0 Å². The summed E-state index contributed by atoms with van der Waals surface area (Å²) in [6, 6.07) is 24.3. The van der Waals surface area contributed by atoms with Crippen LogP contribution < -0.4 is 0 Å². The highest BCUT2D eigenvalue weighted by molar-refractivity contribution is 7.92. The normalized spacial score (nSPS) is 14.1. The van der Waals surface area contributed by atoms with E-state index >= 15 is 8.78 Å². The van der Waals surface area contributed by atoms with Gasteiger partial charge < -0.3 is 5.11 Å². The molecule has 182 valence electrons. The van der Waals surface area contributed by atoms with Crippen molar-refractivity contribution in [1.82, 2.24) is 4.90 Å². The Balaban J connectivity index is 2.00. The van der Waals surface area contributed by atoms with Gasteiger partial charge in [-0.3, -0.25) is 4.90 Å². The van der Waals surface area contributed by atoms with E-state index in [0.29, 0.717) is 19.5 Å². The van der Waals surface area contributed by atoms with E-state index in [2.05, 4.69) is 0 Å². The number of alkyl halides is 2. The molecule has 0 aliphatic rings. The van der Waals surface area contributed by atoms with Crippen LogP contribution in [0.1, 0.15) is 37.3 Å². The van der Waals surface area contributed by atoms with Gasteiger partial charge in [0, 0.05) is 19.1 Å². The second kappa shape index (κ2) is 11.7. The Bertz CT molecular complexity index is 1070. The minimum Gasteiger partial charge on any atom is -0.384 e. The molecule has 0 aromatic heterocycles. The zero-order valence-corrected chi connectivity index (χ0v) is 20.0. The van der Waals surface area contributed by atoms with E-state index < -0.39 is 32.1 Å². The second-order valence-corrected chi connectivity index (χ2v) is 10.4. The van der Waals surface area contributed by atoms with E-state index in [9.17, 15) is 13.5 Å². The molecule has 0 amide bonds. The molecule has 7 heteroatoms. The van der Waals surface area contributed by atoms with Crippen molar-refractivity contribution in [2.75, 3.05) is 0 Å². The standard InChI is InChI=1S/C27H31F2NO3S/c1-2-3-19-25(26(31)27(28,29)34(32,33)24-17-11-6-12-18-24)30(20-22-13-7-4-8-14-22)21-23-15-9-5-10-16-23/h4-18,25-26,31H,2-3,19-21H2,1H3. The highest BCUT2D eigenvalue weighted by Gasteiger charge is 2.55. The smallest absolute Gasteiger partial charge is 0.376 e. The summed E-state index contributed by atoms with van der Waals surface area (Å²) in [5, 5.41) is 6.65. The van der Waals surface area contributed by atoms with E-state index in [0.717, 1.165) is 29.7 Å². The van der Waals surface area contributed by atoms with Gasteiger partial charge in [0.05, 0.1) is 4.90 Å². The molecule has 3 aromatic carbocycles. The summed E-state index contributed by atoms with van der Waals surface area (Å²) in [4.78, 5) is 1.25. The van der Waals surface area contributed by atoms with Crippen molar-refractivity contribution in [1.29, 1.82) is 0 Å². The number of benzene rings is 3. The largest absolute Gasteiger partial charge is 0.384 e. The van der Waals surface area contributed by atoms with Crippen molar-refractivity contribution >= 4 is 9.84 Å². The van der Waals surface area contributed by atoms with E-state index in [1.54, 1.807) is 11.0 Å². The third-order valence-electron chi connectivity index (χ3n) is 5.90. The number of aliphatic hydroxyl groups is 1. The number of unbranched alkanes of at least 4 members (excludes halogenated alkanes) is 1. The predicted octanol–water partition coefficient (Wildman–Crippen LogP) is 5.68. The number of hydrogen-bond donors (Lipinski definition) is 1. The fourth-order valence-corrected chi connectivity index (χ4v) is 5.32. The Morgan fingerprint density at radius 1 is 0.824 bits per heavy atom. The van der Waals surface area contributed by atoms with Crippen LogP contribution in [0.15, 0.2) is 95.9 Å². The summed E-state index contributed by atoms with van der Waals surface area (Å²) in [6.45, 7) is 2.52. The highest BCUT2D eigenvalue weighted by Crippen LogP contribution is 2.36. The van der Waals surface area contributed by atoms with Crippen LogP contribution in [0, 0.1) is 0 Å². The Morgan fingerprint density at radius 2 is 1.26 bits per heavy atom. The van der Waals surface area contributed by atoms with E-state index in [-0.39, 0.29) is 6.42 Å². The maximum absolute atomic E-state index is 15.5. The molecule has 0 saturated carbocycles. The summed E-state index contributed by atoms with van der Waals surface area (Å²) >= 11 is 0. The first-order valence-corrected chi connectivity index (χ1v) is 12.9. The number of hydrogen-bond acceptors (Lipinski definition) is 4. The lowest BCUT2D eigenvalue weighted by Gasteiger charge is -2.38. The Morgan fingerprint density at radius 3 is 1.71 bits per heavy atom. The van der Waals surface area contributed by atoms with Crippen molar-refractivity contribution in [3.8, 4) is 0 Å². The lowest BCUT2D eigenvalue weighted by molar-refractivity contribution is -0.0906. The number of rotatable bonds is 12. The van der Waals surface area contributed by atoms with Crippen LogP contribution in [0.3, 0.4) is 0 Å². The van der Waals surface area contributed by atoms with Crippen LogP contribution in [0.2, 0.25) is 0 Å². The summed E-state index contributed by atoms with van der Waals surface area (Å²) < 4.78 is 56.8. The molecule has 0 aliphatic heterocycles. The van der Waals surface area contributed by atoms with Gasteiger partial charge in [0.15, 0.2) is 0 Å². The average Bonchev–Trinajstić information content (AvgIpc) is 2.85. The first-order valence-electron chi connectivity index (χ1n) is 11.4. The molecule has 0 aliphatic carbocycles. The average molecular weight is 488 g/mol. The molecule has 0 radical (unpaired) electrons. The van der Waals surface area contributed by atoms with Crippen LogP contribution in [0.25, 0.3) is 0 Å². The molecule has 0 fully saturated rings. The van der Waals surface area contributed by atoms with E-state index in [1.807, 2.05) is 67.6 Å². The van der Waals surface area contributed by atoms with Gasteiger partial charge in [-0.1, -0.05) is 98.6 Å². The number of sulfone groups is 1. The molecule has 34 heavy (non-hydrogen) atoms. The van der Waals surface area contributed by atoms with Crippen LogP contribution in [0.5, 0.6) is 0 Å². The number of halogens is 2. The molecular formula is C27H31F2NO3S. The summed E-state index contributed by atoms with van der Waals surface area (Å²) in [5.74, 6) is 0. The predicted molar refractivity (Wildman–Crippen MR) is 130 cm³/mol. The lowest BCUT2D eigenvalue weighted by Crippen LogP contribution is -2.54. The zero-order valence-electron chi connectivity index (χ0n) is 19.2. The Kier molecular flexibility index (Phi) is 8.94. The number of nitrogens with zero attached hydrogens (tertiary/aromatic N) is 1. The third kappa shape index (κ3) is 6.09. The molecule has 0 spiro atoms.